The summed E-state index contributed by atoms with van der Waals surface area (Å²) in [4.78, 5) is 4.24. The number of guanidine groups is 1. The number of halogens is 1. The minimum Gasteiger partial charge on any atom is -0.493 e. The van der Waals surface area contributed by atoms with Gasteiger partial charge in [0.05, 0.1) is 20.8 Å². The zero-order valence-electron chi connectivity index (χ0n) is 15.9. The second-order valence-corrected chi connectivity index (χ2v) is 5.79. The molecular weight excluding hydrogens is 457 g/mol. The predicted octanol–water partition coefficient (Wildman–Crippen LogP) is 2.76. The van der Waals surface area contributed by atoms with Crippen LogP contribution in [0.15, 0.2) is 53.5 Å². The van der Waals surface area contributed by atoms with Crippen molar-refractivity contribution in [2.75, 3.05) is 34.4 Å². The topological polar surface area (TPSA) is 75.1 Å². The van der Waals surface area contributed by atoms with E-state index in [9.17, 15) is 5.11 Å². The van der Waals surface area contributed by atoms with E-state index < -0.39 is 0 Å². The number of ether oxygens (including phenoxy) is 2. The van der Waals surface area contributed by atoms with Crippen molar-refractivity contribution >= 4 is 29.9 Å². The van der Waals surface area contributed by atoms with Crippen LogP contribution >= 0.6 is 24.0 Å². The lowest BCUT2D eigenvalue weighted by atomic mass is 10.0. The summed E-state index contributed by atoms with van der Waals surface area (Å²) in [7, 11) is 4.96. The van der Waals surface area contributed by atoms with Crippen molar-refractivity contribution in [1.82, 2.24) is 10.6 Å². The van der Waals surface area contributed by atoms with Crippen LogP contribution in [0, 0.1) is 0 Å². The van der Waals surface area contributed by atoms with Gasteiger partial charge >= 0.3 is 0 Å². The maximum absolute atomic E-state index is 9.65. The molecule has 7 heteroatoms. The van der Waals surface area contributed by atoms with Crippen LogP contribution in [0.3, 0.4) is 0 Å². The highest BCUT2D eigenvalue weighted by molar-refractivity contribution is 14.0. The number of nitrogens with zero attached hydrogens (tertiary/aromatic N) is 1. The number of benzene rings is 2. The van der Waals surface area contributed by atoms with Gasteiger partial charge in [0, 0.05) is 26.1 Å². The number of hydrogen-bond donors (Lipinski definition) is 3. The molecule has 3 N–H and O–H groups in total. The van der Waals surface area contributed by atoms with E-state index in [0.717, 1.165) is 11.1 Å². The Balaban J connectivity index is 0.00000364. The maximum Gasteiger partial charge on any atom is 0.191 e. The Morgan fingerprint density at radius 2 is 1.74 bits per heavy atom. The molecule has 0 aliphatic carbocycles. The Kier molecular flexibility index (Phi) is 10.6. The number of hydrogen-bond acceptors (Lipinski definition) is 4. The predicted molar refractivity (Wildman–Crippen MR) is 119 cm³/mol. The molecule has 27 heavy (non-hydrogen) atoms. The van der Waals surface area contributed by atoms with E-state index in [1.807, 2.05) is 48.5 Å². The van der Waals surface area contributed by atoms with E-state index in [0.29, 0.717) is 30.5 Å². The SMILES string of the molecule is CN=C(NCc1ccc(OC)c(OC)c1)NCC(CO)c1ccccc1.I. The molecule has 0 radical (unpaired) electrons. The summed E-state index contributed by atoms with van der Waals surface area (Å²) in [6.45, 7) is 1.25. The first-order valence-corrected chi connectivity index (χ1v) is 8.53. The number of aliphatic hydroxyl groups is 1. The molecule has 0 aliphatic rings. The summed E-state index contributed by atoms with van der Waals surface area (Å²) < 4.78 is 10.6. The van der Waals surface area contributed by atoms with E-state index in [4.69, 9.17) is 9.47 Å². The van der Waals surface area contributed by atoms with Crippen LogP contribution in [0.1, 0.15) is 17.0 Å². The molecule has 0 saturated carbocycles. The summed E-state index contributed by atoms with van der Waals surface area (Å²) in [6, 6.07) is 15.7. The minimum absolute atomic E-state index is 0. The Morgan fingerprint density at radius 3 is 2.33 bits per heavy atom. The molecule has 2 aromatic rings. The number of aliphatic hydroxyl groups excluding tert-OH is 1. The van der Waals surface area contributed by atoms with Gasteiger partial charge in [-0.3, -0.25) is 4.99 Å². The van der Waals surface area contributed by atoms with Crippen molar-refractivity contribution in [3.05, 3.63) is 59.7 Å². The van der Waals surface area contributed by atoms with E-state index in [2.05, 4.69) is 15.6 Å². The summed E-state index contributed by atoms with van der Waals surface area (Å²) >= 11 is 0. The lowest BCUT2D eigenvalue weighted by Gasteiger charge is -2.18. The van der Waals surface area contributed by atoms with Gasteiger partial charge in [0.15, 0.2) is 17.5 Å². The van der Waals surface area contributed by atoms with Crippen LogP contribution in [0.25, 0.3) is 0 Å². The first-order valence-electron chi connectivity index (χ1n) is 8.53. The average Bonchev–Trinajstić information content (AvgIpc) is 2.71. The maximum atomic E-state index is 9.65. The van der Waals surface area contributed by atoms with E-state index in [-0.39, 0.29) is 36.5 Å². The standard InChI is InChI=1S/C20H27N3O3.HI/c1-21-20(23-13-17(14-24)16-7-5-4-6-8-16)22-12-15-9-10-18(25-2)19(11-15)26-3;/h4-11,17,24H,12-14H2,1-3H3,(H2,21,22,23);1H. The lowest BCUT2D eigenvalue weighted by Crippen LogP contribution is -2.39. The fraction of sp³-hybridized carbons (Fsp3) is 0.350. The van der Waals surface area contributed by atoms with Crippen LogP contribution in [-0.2, 0) is 6.54 Å². The summed E-state index contributed by atoms with van der Waals surface area (Å²) in [5.41, 5.74) is 2.14. The molecule has 148 valence electrons. The van der Waals surface area contributed by atoms with Gasteiger partial charge < -0.3 is 25.2 Å². The molecule has 0 amide bonds. The van der Waals surface area contributed by atoms with Gasteiger partial charge in [-0.15, -0.1) is 24.0 Å². The van der Waals surface area contributed by atoms with Gasteiger partial charge in [0.25, 0.3) is 0 Å². The van der Waals surface area contributed by atoms with Crippen molar-refractivity contribution in [2.45, 2.75) is 12.5 Å². The van der Waals surface area contributed by atoms with Crippen molar-refractivity contribution in [1.29, 1.82) is 0 Å². The molecule has 1 atom stereocenters. The van der Waals surface area contributed by atoms with Crippen LogP contribution in [0.5, 0.6) is 11.5 Å². The van der Waals surface area contributed by atoms with Crippen molar-refractivity contribution in [3.8, 4) is 11.5 Å². The Bertz CT molecular complexity index is 711. The molecule has 1 unspecified atom stereocenters. The summed E-state index contributed by atoms with van der Waals surface area (Å²) in [5, 5.41) is 16.2. The van der Waals surface area contributed by atoms with Crippen LogP contribution in [0.4, 0.5) is 0 Å². The van der Waals surface area contributed by atoms with Crippen LogP contribution in [-0.4, -0.2) is 45.5 Å². The average molecular weight is 485 g/mol. The first kappa shape index (κ1) is 23.0. The first-order chi connectivity index (χ1) is 12.7. The third-order valence-electron chi connectivity index (χ3n) is 4.14. The van der Waals surface area contributed by atoms with Gasteiger partial charge in [-0.25, -0.2) is 0 Å². The van der Waals surface area contributed by atoms with E-state index in [1.54, 1.807) is 21.3 Å². The number of aliphatic imine (C=N–C) groups is 1. The van der Waals surface area contributed by atoms with Gasteiger partial charge in [0.1, 0.15) is 0 Å². The number of nitrogens with one attached hydrogen (secondary N) is 2. The fourth-order valence-corrected chi connectivity index (χ4v) is 2.63. The quantitative estimate of drug-likeness (QED) is 0.305. The molecular formula is C20H28IN3O3. The van der Waals surface area contributed by atoms with Crippen molar-refractivity contribution in [3.63, 3.8) is 0 Å². The van der Waals surface area contributed by atoms with Gasteiger partial charge in [0.2, 0.25) is 0 Å². The molecule has 0 aromatic heterocycles. The monoisotopic (exact) mass is 485 g/mol. The highest BCUT2D eigenvalue weighted by Gasteiger charge is 2.11. The smallest absolute Gasteiger partial charge is 0.191 e. The molecule has 0 fully saturated rings. The van der Waals surface area contributed by atoms with Crippen LogP contribution in [0.2, 0.25) is 0 Å². The molecule has 0 bridgehead atoms. The summed E-state index contributed by atoms with van der Waals surface area (Å²) in [6.07, 6.45) is 0. The normalized spacial score (nSPS) is 11.9. The van der Waals surface area contributed by atoms with Crippen molar-refractivity contribution in [2.24, 2.45) is 4.99 Å². The highest BCUT2D eigenvalue weighted by atomic mass is 127. The van der Waals surface area contributed by atoms with Crippen LogP contribution < -0.4 is 20.1 Å². The minimum atomic E-state index is 0. The molecule has 0 heterocycles. The summed E-state index contributed by atoms with van der Waals surface area (Å²) in [5.74, 6) is 2.08. The highest BCUT2D eigenvalue weighted by Crippen LogP contribution is 2.27. The molecule has 0 aliphatic heterocycles. The third-order valence-corrected chi connectivity index (χ3v) is 4.14. The lowest BCUT2D eigenvalue weighted by molar-refractivity contribution is 0.265. The van der Waals surface area contributed by atoms with Gasteiger partial charge in [-0.1, -0.05) is 36.4 Å². The number of methoxy groups -OCH3 is 2. The fourth-order valence-electron chi connectivity index (χ4n) is 2.63. The Hall–Kier alpha value is -2.00. The Morgan fingerprint density at radius 1 is 1.04 bits per heavy atom. The van der Waals surface area contributed by atoms with Gasteiger partial charge in [-0.05, 0) is 23.3 Å². The largest absolute Gasteiger partial charge is 0.493 e. The van der Waals surface area contributed by atoms with Gasteiger partial charge in [-0.2, -0.15) is 0 Å². The zero-order chi connectivity index (χ0) is 18.8. The van der Waals surface area contributed by atoms with E-state index in [1.165, 1.54) is 0 Å². The molecule has 0 saturated heterocycles. The second-order valence-electron chi connectivity index (χ2n) is 5.79. The molecule has 0 spiro atoms. The number of rotatable bonds is 8. The molecule has 6 nitrogen and oxygen atoms in total. The van der Waals surface area contributed by atoms with Crippen molar-refractivity contribution < 1.29 is 14.6 Å². The molecule has 2 rings (SSSR count). The third kappa shape index (κ3) is 6.91. The second kappa shape index (κ2) is 12.4. The molecule has 2 aromatic carbocycles. The van der Waals surface area contributed by atoms with E-state index >= 15 is 0 Å². The Labute approximate surface area is 178 Å². The zero-order valence-corrected chi connectivity index (χ0v) is 18.3.